The van der Waals surface area contributed by atoms with E-state index in [-0.39, 0.29) is 0 Å². The summed E-state index contributed by atoms with van der Waals surface area (Å²) in [6.07, 6.45) is 7.65. The smallest absolute Gasteiger partial charge is 0.0279 e. The molecule has 0 aliphatic rings. The van der Waals surface area contributed by atoms with E-state index in [4.69, 9.17) is 0 Å². The van der Waals surface area contributed by atoms with E-state index >= 15 is 0 Å². The molecule has 0 radical (unpaired) electrons. The lowest BCUT2D eigenvalue weighted by Gasteiger charge is -2.18. The molecule has 0 aromatic heterocycles. The van der Waals surface area contributed by atoms with Crippen LogP contribution < -0.4 is 0 Å². The van der Waals surface area contributed by atoms with E-state index in [1.165, 1.54) is 49.7 Å². The minimum atomic E-state index is 0.465. The van der Waals surface area contributed by atoms with Crippen molar-refractivity contribution in [2.75, 3.05) is 0 Å². The summed E-state index contributed by atoms with van der Waals surface area (Å²) in [5.41, 5.74) is 3.92. The third-order valence-electron chi connectivity index (χ3n) is 3.81. The summed E-state index contributed by atoms with van der Waals surface area (Å²) in [6, 6.07) is 9.31. The number of hydrogen-bond donors (Lipinski definition) is 0. The van der Waals surface area contributed by atoms with Crippen LogP contribution in [0, 0.1) is 10.8 Å². The van der Waals surface area contributed by atoms with Crippen LogP contribution in [0.4, 0.5) is 0 Å². The fourth-order valence-electron chi connectivity index (χ4n) is 2.52. The van der Waals surface area contributed by atoms with Crippen LogP contribution in [-0.2, 0) is 12.8 Å². The Bertz CT molecular complexity index is 331. The van der Waals surface area contributed by atoms with Gasteiger partial charge in [-0.3, -0.25) is 0 Å². The normalized spacial score (nSPS) is 12.7. The lowest BCUT2D eigenvalue weighted by molar-refractivity contribution is 0.365. The molecule has 0 bridgehead atoms. The van der Waals surface area contributed by atoms with E-state index in [2.05, 4.69) is 65.8 Å². The molecule has 0 atom stereocenters. The van der Waals surface area contributed by atoms with Crippen LogP contribution >= 0.6 is 0 Å². The number of benzene rings is 1. The molecule has 0 nitrogen and oxygen atoms in total. The van der Waals surface area contributed by atoms with Gasteiger partial charge in [-0.15, -0.1) is 0 Å². The Morgan fingerprint density at radius 3 is 1.15 bits per heavy atom. The maximum absolute atomic E-state index is 2.33. The first kappa shape index (κ1) is 17.3. The third-order valence-corrected chi connectivity index (χ3v) is 3.81. The van der Waals surface area contributed by atoms with Crippen LogP contribution in [0.25, 0.3) is 0 Å². The molecule has 0 heterocycles. The van der Waals surface area contributed by atoms with Gasteiger partial charge in [0.2, 0.25) is 0 Å². The fourth-order valence-corrected chi connectivity index (χ4v) is 2.52. The number of aryl methyl sites for hydroxylation is 2. The van der Waals surface area contributed by atoms with E-state index in [9.17, 15) is 0 Å². The van der Waals surface area contributed by atoms with Crippen molar-refractivity contribution in [1.82, 2.24) is 0 Å². The molecule has 0 amide bonds. The van der Waals surface area contributed by atoms with Gasteiger partial charge in [0, 0.05) is 0 Å². The lowest BCUT2D eigenvalue weighted by atomic mass is 9.88. The lowest BCUT2D eigenvalue weighted by Crippen LogP contribution is -2.05. The molecular formula is C20H34. The van der Waals surface area contributed by atoms with E-state index in [1.54, 1.807) is 0 Å². The first-order chi connectivity index (χ1) is 9.16. The second kappa shape index (κ2) is 7.29. The van der Waals surface area contributed by atoms with Crippen molar-refractivity contribution in [3.63, 3.8) is 0 Å². The van der Waals surface area contributed by atoms with E-state index < -0.39 is 0 Å². The van der Waals surface area contributed by atoms with E-state index in [1.807, 2.05) is 0 Å². The Balaban J connectivity index is 2.33. The molecule has 1 aromatic carbocycles. The standard InChI is InChI=1S/C20H34/c1-19(2,3)15-7-9-17-11-13-18(14-12-17)10-8-16-20(4,5)6/h11-14H,7-10,15-16H2,1-6H3. The van der Waals surface area contributed by atoms with E-state index in [0.717, 1.165) is 0 Å². The first-order valence-electron chi connectivity index (χ1n) is 8.24. The van der Waals surface area contributed by atoms with Gasteiger partial charge in [-0.1, -0.05) is 65.8 Å². The van der Waals surface area contributed by atoms with Crippen LogP contribution in [0.3, 0.4) is 0 Å². The monoisotopic (exact) mass is 274 g/mol. The van der Waals surface area contributed by atoms with Gasteiger partial charge in [0.05, 0.1) is 0 Å². The molecule has 0 aliphatic heterocycles. The van der Waals surface area contributed by atoms with Crippen molar-refractivity contribution < 1.29 is 0 Å². The Hall–Kier alpha value is -0.780. The number of rotatable bonds is 6. The first-order valence-corrected chi connectivity index (χ1v) is 8.24. The summed E-state index contributed by atoms with van der Waals surface area (Å²) in [6.45, 7) is 13.9. The topological polar surface area (TPSA) is 0 Å². The van der Waals surface area contributed by atoms with Crippen LogP contribution in [0.5, 0.6) is 0 Å². The summed E-state index contributed by atoms with van der Waals surface area (Å²) < 4.78 is 0. The van der Waals surface area contributed by atoms with Crippen molar-refractivity contribution >= 4 is 0 Å². The Labute approximate surface area is 127 Å². The fraction of sp³-hybridized carbons (Fsp3) is 0.700. The van der Waals surface area contributed by atoms with Gasteiger partial charge in [-0.05, 0) is 60.5 Å². The van der Waals surface area contributed by atoms with Gasteiger partial charge in [0.1, 0.15) is 0 Å². The van der Waals surface area contributed by atoms with Crippen molar-refractivity contribution in [3.8, 4) is 0 Å². The maximum Gasteiger partial charge on any atom is -0.0279 e. The molecule has 0 saturated carbocycles. The van der Waals surface area contributed by atoms with Crippen LogP contribution in [-0.4, -0.2) is 0 Å². The molecule has 1 aromatic rings. The second-order valence-corrected chi connectivity index (χ2v) is 8.64. The highest BCUT2D eigenvalue weighted by molar-refractivity contribution is 5.22. The molecule has 1 rings (SSSR count). The average Bonchev–Trinajstić information content (AvgIpc) is 2.28. The highest BCUT2D eigenvalue weighted by Gasteiger charge is 2.10. The van der Waals surface area contributed by atoms with Crippen LogP contribution in [0.15, 0.2) is 24.3 Å². The van der Waals surface area contributed by atoms with Gasteiger partial charge in [-0.25, -0.2) is 0 Å². The second-order valence-electron chi connectivity index (χ2n) is 8.64. The number of hydrogen-bond acceptors (Lipinski definition) is 0. The van der Waals surface area contributed by atoms with Crippen LogP contribution in [0.2, 0.25) is 0 Å². The average molecular weight is 274 g/mol. The summed E-state index contributed by atoms with van der Waals surface area (Å²) in [4.78, 5) is 0. The quantitative estimate of drug-likeness (QED) is 0.561. The summed E-state index contributed by atoms with van der Waals surface area (Å²) in [5.74, 6) is 0. The summed E-state index contributed by atoms with van der Waals surface area (Å²) in [5, 5.41) is 0. The molecule has 0 unspecified atom stereocenters. The molecule has 20 heavy (non-hydrogen) atoms. The summed E-state index contributed by atoms with van der Waals surface area (Å²) in [7, 11) is 0. The van der Waals surface area contributed by atoms with Gasteiger partial charge < -0.3 is 0 Å². The zero-order valence-electron chi connectivity index (χ0n) is 14.6. The minimum absolute atomic E-state index is 0.465. The summed E-state index contributed by atoms with van der Waals surface area (Å²) >= 11 is 0. The Kier molecular flexibility index (Phi) is 6.30. The zero-order chi connectivity index (χ0) is 15.2. The minimum Gasteiger partial charge on any atom is -0.0602 e. The van der Waals surface area contributed by atoms with Crippen molar-refractivity contribution in [3.05, 3.63) is 35.4 Å². The van der Waals surface area contributed by atoms with Gasteiger partial charge in [0.25, 0.3) is 0 Å². The Morgan fingerprint density at radius 1 is 0.600 bits per heavy atom. The van der Waals surface area contributed by atoms with Crippen molar-refractivity contribution in [2.24, 2.45) is 10.8 Å². The molecule has 0 N–H and O–H groups in total. The third kappa shape index (κ3) is 8.40. The zero-order valence-corrected chi connectivity index (χ0v) is 14.6. The molecule has 0 saturated heterocycles. The van der Waals surface area contributed by atoms with E-state index in [0.29, 0.717) is 10.8 Å². The van der Waals surface area contributed by atoms with Crippen LogP contribution in [0.1, 0.15) is 78.4 Å². The SMILES string of the molecule is CC(C)(C)CCCc1ccc(CCCC(C)(C)C)cc1. The molecule has 0 aliphatic carbocycles. The van der Waals surface area contributed by atoms with Crippen molar-refractivity contribution in [1.29, 1.82) is 0 Å². The highest BCUT2D eigenvalue weighted by atomic mass is 14.2. The maximum atomic E-state index is 2.33. The molecular weight excluding hydrogens is 240 g/mol. The highest BCUT2D eigenvalue weighted by Crippen LogP contribution is 2.23. The van der Waals surface area contributed by atoms with Gasteiger partial charge in [0.15, 0.2) is 0 Å². The largest absolute Gasteiger partial charge is 0.0602 e. The Morgan fingerprint density at radius 2 is 0.900 bits per heavy atom. The molecule has 114 valence electrons. The predicted octanol–water partition coefficient (Wildman–Crippen LogP) is 6.42. The van der Waals surface area contributed by atoms with Gasteiger partial charge >= 0.3 is 0 Å². The van der Waals surface area contributed by atoms with Crippen molar-refractivity contribution in [2.45, 2.75) is 80.1 Å². The molecule has 0 spiro atoms. The molecule has 0 heteroatoms. The van der Waals surface area contributed by atoms with Gasteiger partial charge in [-0.2, -0.15) is 0 Å². The molecule has 0 fully saturated rings. The predicted molar refractivity (Wildman–Crippen MR) is 91.2 cm³/mol.